The molecule has 1 atom stereocenters. The second-order valence-corrected chi connectivity index (χ2v) is 8.27. The number of likely N-dealkylation sites (tertiary alicyclic amines) is 1. The van der Waals surface area contributed by atoms with Crippen LogP contribution in [0.15, 0.2) is 4.40 Å². The van der Waals surface area contributed by atoms with Gasteiger partial charge < -0.3 is 14.6 Å². The highest BCUT2D eigenvalue weighted by Gasteiger charge is 2.37. The largest absolute Gasteiger partial charge is 0.591 e. The van der Waals surface area contributed by atoms with E-state index in [1.165, 1.54) is 4.90 Å². The molecular formula is C13H24N2O3S. The highest BCUT2D eigenvalue weighted by molar-refractivity contribution is 7.91. The highest BCUT2D eigenvalue weighted by Crippen LogP contribution is 2.33. The average molecular weight is 288 g/mol. The molecule has 0 aliphatic carbocycles. The Hall–Kier alpha value is -0.750. The third-order valence-electron chi connectivity index (χ3n) is 3.75. The Kier molecular flexibility index (Phi) is 4.90. The van der Waals surface area contributed by atoms with Gasteiger partial charge in [-0.25, -0.2) is 4.79 Å². The van der Waals surface area contributed by atoms with E-state index in [9.17, 15) is 9.35 Å². The van der Waals surface area contributed by atoms with E-state index in [4.69, 9.17) is 5.11 Å². The summed E-state index contributed by atoms with van der Waals surface area (Å²) in [7, 11) is 0. The van der Waals surface area contributed by atoms with Crippen LogP contribution in [0, 0.1) is 5.41 Å². The molecule has 1 aliphatic heterocycles. The predicted molar refractivity (Wildman–Crippen MR) is 77.9 cm³/mol. The molecule has 1 N–H and O–H groups in total. The zero-order chi connectivity index (χ0) is 14.8. The van der Waals surface area contributed by atoms with Gasteiger partial charge in [-0.1, -0.05) is 11.3 Å². The Morgan fingerprint density at radius 1 is 1.37 bits per heavy atom. The van der Waals surface area contributed by atoms with Gasteiger partial charge in [-0.2, -0.15) is 0 Å². The minimum Gasteiger partial charge on any atom is -0.591 e. The molecule has 110 valence electrons. The Balaban J connectivity index is 2.75. The van der Waals surface area contributed by atoms with Crippen molar-refractivity contribution >= 4 is 23.2 Å². The Bertz CT molecular complexity index is 369. The molecule has 0 radical (unpaired) electrons. The summed E-state index contributed by atoms with van der Waals surface area (Å²) in [5.74, 6) is 0. The maximum Gasteiger partial charge on any atom is 0.407 e. The molecule has 0 bridgehead atoms. The van der Waals surface area contributed by atoms with Crippen molar-refractivity contribution in [1.29, 1.82) is 0 Å². The van der Waals surface area contributed by atoms with Gasteiger partial charge in [0.15, 0.2) is 0 Å². The lowest BCUT2D eigenvalue weighted by atomic mass is 9.77. The molecule has 19 heavy (non-hydrogen) atoms. The second kappa shape index (κ2) is 5.71. The normalized spacial score (nSPS) is 22.2. The van der Waals surface area contributed by atoms with Crippen LogP contribution in [-0.2, 0) is 11.4 Å². The minimum absolute atomic E-state index is 0.146. The van der Waals surface area contributed by atoms with Crippen LogP contribution in [0.5, 0.6) is 0 Å². The second-order valence-electron chi connectivity index (χ2n) is 6.37. The van der Waals surface area contributed by atoms with Crippen LogP contribution in [0.1, 0.15) is 47.5 Å². The van der Waals surface area contributed by atoms with Crippen molar-refractivity contribution in [3.63, 3.8) is 0 Å². The van der Waals surface area contributed by atoms with Gasteiger partial charge in [0.1, 0.15) is 16.1 Å². The van der Waals surface area contributed by atoms with Crippen LogP contribution in [0.3, 0.4) is 0 Å². The van der Waals surface area contributed by atoms with Gasteiger partial charge in [-0.15, -0.1) is 0 Å². The molecular weight excluding hydrogens is 264 g/mol. The number of rotatable bonds is 2. The van der Waals surface area contributed by atoms with Crippen LogP contribution < -0.4 is 0 Å². The third-order valence-corrected chi connectivity index (χ3v) is 5.24. The summed E-state index contributed by atoms with van der Waals surface area (Å²) < 4.78 is 16.0. The van der Waals surface area contributed by atoms with Crippen LogP contribution in [0.25, 0.3) is 0 Å². The van der Waals surface area contributed by atoms with E-state index in [-0.39, 0.29) is 10.2 Å². The molecule has 1 fully saturated rings. The minimum atomic E-state index is -1.25. The number of hydrogen-bond acceptors (Lipinski definition) is 3. The maximum atomic E-state index is 12.1. The van der Waals surface area contributed by atoms with Gasteiger partial charge in [0, 0.05) is 18.5 Å². The van der Waals surface area contributed by atoms with Crippen molar-refractivity contribution in [2.45, 2.75) is 52.2 Å². The predicted octanol–water partition coefficient (Wildman–Crippen LogP) is 2.69. The fourth-order valence-electron chi connectivity index (χ4n) is 1.92. The molecule has 1 saturated heterocycles. The quantitative estimate of drug-likeness (QED) is 0.627. The monoisotopic (exact) mass is 288 g/mol. The van der Waals surface area contributed by atoms with E-state index in [1.54, 1.807) is 0 Å². The van der Waals surface area contributed by atoms with Crippen LogP contribution in [0.4, 0.5) is 4.79 Å². The molecule has 0 spiro atoms. The number of carboxylic acid groups (broad SMARTS) is 1. The molecule has 1 heterocycles. The smallest absolute Gasteiger partial charge is 0.407 e. The van der Waals surface area contributed by atoms with Crippen LogP contribution in [-0.4, -0.2) is 44.2 Å². The average Bonchev–Trinajstić information content (AvgIpc) is 2.28. The molecule has 1 rings (SSSR count). The summed E-state index contributed by atoms with van der Waals surface area (Å²) in [6.45, 7) is 10.7. The van der Waals surface area contributed by atoms with Gasteiger partial charge in [0.25, 0.3) is 0 Å². The summed E-state index contributed by atoms with van der Waals surface area (Å²) in [5, 5.41) is 8.95. The Labute approximate surface area is 118 Å². The standard InChI is InChI=1S/C13H24N2O3S/c1-10(14-19(18)12(2,3)4)13(5)6-8-15(9-7-13)11(16)17/h6-9H2,1-5H3,(H,16,17)/b14-10-. The Morgan fingerprint density at radius 2 is 1.84 bits per heavy atom. The van der Waals surface area contributed by atoms with Gasteiger partial charge in [0.2, 0.25) is 0 Å². The summed E-state index contributed by atoms with van der Waals surface area (Å²) in [5.41, 5.74) is 0.721. The molecule has 1 amide bonds. The number of hydrogen-bond donors (Lipinski definition) is 1. The third kappa shape index (κ3) is 4.11. The van der Waals surface area contributed by atoms with Crippen molar-refractivity contribution in [2.75, 3.05) is 13.1 Å². The van der Waals surface area contributed by atoms with Crippen molar-refractivity contribution < 1.29 is 14.5 Å². The fraction of sp³-hybridized carbons (Fsp3) is 0.846. The van der Waals surface area contributed by atoms with Crippen molar-refractivity contribution in [3.8, 4) is 0 Å². The first-order valence-corrected chi connectivity index (χ1v) is 7.62. The first-order chi connectivity index (χ1) is 8.56. The maximum absolute atomic E-state index is 12.1. The first-order valence-electron chi connectivity index (χ1n) is 6.52. The van der Waals surface area contributed by atoms with Crippen LogP contribution >= 0.6 is 0 Å². The van der Waals surface area contributed by atoms with Gasteiger partial charge in [0.05, 0.1) is 5.71 Å². The van der Waals surface area contributed by atoms with Crippen molar-refractivity contribution in [3.05, 3.63) is 0 Å². The number of nitrogens with zero attached hydrogens (tertiary/aromatic N) is 2. The molecule has 1 aliphatic rings. The lowest BCUT2D eigenvalue weighted by Crippen LogP contribution is -2.44. The van der Waals surface area contributed by atoms with Crippen molar-refractivity contribution in [2.24, 2.45) is 9.81 Å². The Morgan fingerprint density at radius 3 is 2.21 bits per heavy atom. The summed E-state index contributed by atoms with van der Waals surface area (Å²) in [4.78, 5) is 12.3. The topological polar surface area (TPSA) is 76.0 Å². The SMILES string of the molecule is C/C(=N/[S+]([O-])C(C)(C)C)C1(C)CCN(C(=O)O)CC1. The number of carbonyl (C=O) groups is 1. The van der Waals surface area contributed by atoms with E-state index in [2.05, 4.69) is 11.3 Å². The fourth-order valence-corrected chi connectivity index (χ4v) is 2.67. The summed E-state index contributed by atoms with van der Waals surface area (Å²) in [6, 6.07) is 0. The van der Waals surface area contributed by atoms with E-state index in [1.807, 2.05) is 27.7 Å². The van der Waals surface area contributed by atoms with Gasteiger partial charge >= 0.3 is 6.09 Å². The van der Waals surface area contributed by atoms with Crippen molar-refractivity contribution in [1.82, 2.24) is 4.90 Å². The lowest BCUT2D eigenvalue weighted by Gasteiger charge is -2.38. The molecule has 5 nitrogen and oxygen atoms in total. The first kappa shape index (κ1) is 16.3. The number of piperidine rings is 1. The molecule has 0 aromatic heterocycles. The van der Waals surface area contributed by atoms with E-state index < -0.39 is 17.5 Å². The zero-order valence-corrected chi connectivity index (χ0v) is 13.2. The highest BCUT2D eigenvalue weighted by atomic mass is 32.2. The zero-order valence-electron chi connectivity index (χ0n) is 12.4. The molecule has 0 aromatic rings. The summed E-state index contributed by atoms with van der Waals surface area (Å²) in [6.07, 6.45) is 0.598. The summed E-state index contributed by atoms with van der Waals surface area (Å²) >= 11 is -1.25. The van der Waals surface area contributed by atoms with Crippen LogP contribution in [0.2, 0.25) is 0 Å². The van der Waals surface area contributed by atoms with E-state index in [0.29, 0.717) is 13.1 Å². The molecule has 0 aromatic carbocycles. The molecule has 0 saturated carbocycles. The van der Waals surface area contributed by atoms with Gasteiger partial charge in [-0.3, -0.25) is 0 Å². The van der Waals surface area contributed by atoms with E-state index >= 15 is 0 Å². The lowest BCUT2D eigenvalue weighted by molar-refractivity contribution is 0.117. The van der Waals surface area contributed by atoms with E-state index in [0.717, 1.165) is 18.6 Å². The number of amides is 1. The molecule has 1 unspecified atom stereocenters. The molecule has 6 heteroatoms. The van der Waals surface area contributed by atoms with Gasteiger partial charge in [-0.05, 0) is 40.5 Å².